The second kappa shape index (κ2) is 10.4. The van der Waals surface area contributed by atoms with Crippen LogP contribution in [0.1, 0.15) is 67.1 Å². The Morgan fingerprint density at radius 1 is 1.20 bits per heavy atom. The van der Waals surface area contributed by atoms with Crippen LogP contribution >= 0.6 is 0 Å². The normalized spacial score (nSPS) is 21.9. The summed E-state index contributed by atoms with van der Waals surface area (Å²) >= 11 is 0. The molecule has 3 fully saturated rings. The van der Waals surface area contributed by atoms with Crippen LogP contribution in [-0.4, -0.2) is 70.2 Å². The fourth-order valence-corrected chi connectivity index (χ4v) is 7.41. The number of piperidine rings is 1. The van der Waals surface area contributed by atoms with E-state index in [1.165, 1.54) is 18.9 Å². The summed E-state index contributed by atoms with van der Waals surface area (Å²) in [6.07, 6.45) is 7.04. The lowest BCUT2D eigenvalue weighted by molar-refractivity contribution is 0.0996. The smallest absolute Gasteiger partial charge is 0.318 e. The molecule has 1 unspecified atom stereocenters. The molecule has 2 aromatic carbocycles. The molecular weight excluding hydrogens is 523 g/mol. The zero-order valence-electron chi connectivity index (χ0n) is 23.5. The molecule has 7 rings (SSSR count). The first-order chi connectivity index (χ1) is 20.0. The van der Waals surface area contributed by atoms with E-state index in [0.29, 0.717) is 52.1 Å². The summed E-state index contributed by atoms with van der Waals surface area (Å²) < 4.78 is 21.2. The van der Waals surface area contributed by atoms with Crippen LogP contribution in [0, 0.1) is 5.82 Å². The molecule has 1 aromatic heterocycles. The lowest BCUT2D eigenvalue weighted by Crippen LogP contribution is -2.43. The number of hydrogen-bond acceptors (Lipinski definition) is 8. The van der Waals surface area contributed by atoms with Crippen LogP contribution in [-0.2, 0) is 13.0 Å². The Morgan fingerprint density at radius 3 is 2.78 bits per heavy atom. The van der Waals surface area contributed by atoms with Gasteiger partial charge >= 0.3 is 6.01 Å². The molecule has 9 nitrogen and oxygen atoms in total. The van der Waals surface area contributed by atoms with E-state index in [-0.39, 0.29) is 41.6 Å². The van der Waals surface area contributed by atoms with Crippen molar-refractivity contribution in [3.63, 3.8) is 0 Å². The van der Waals surface area contributed by atoms with Gasteiger partial charge in [-0.05, 0) is 87.7 Å². The molecule has 1 atom stereocenters. The fraction of sp³-hybridized carbons (Fsp3) is 0.516. The van der Waals surface area contributed by atoms with Crippen LogP contribution < -0.4 is 20.3 Å². The van der Waals surface area contributed by atoms with E-state index in [1.807, 2.05) is 6.92 Å². The summed E-state index contributed by atoms with van der Waals surface area (Å²) in [6, 6.07) is 6.60. The maximum absolute atomic E-state index is 14.9. The molecule has 10 heteroatoms. The van der Waals surface area contributed by atoms with Gasteiger partial charge in [-0.3, -0.25) is 9.69 Å². The van der Waals surface area contributed by atoms with Gasteiger partial charge in [0.1, 0.15) is 29.6 Å². The van der Waals surface area contributed by atoms with Crippen molar-refractivity contribution in [3.05, 3.63) is 46.9 Å². The van der Waals surface area contributed by atoms with Crippen molar-refractivity contribution in [3.8, 4) is 11.8 Å². The number of aryl methyl sites for hydroxylation is 1. The zero-order chi connectivity index (χ0) is 28.1. The van der Waals surface area contributed by atoms with E-state index in [9.17, 15) is 14.3 Å². The zero-order valence-corrected chi connectivity index (χ0v) is 23.5. The van der Waals surface area contributed by atoms with Crippen LogP contribution in [0.2, 0.25) is 0 Å². The van der Waals surface area contributed by atoms with Crippen molar-refractivity contribution in [2.75, 3.05) is 43.0 Å². The number of phenols is 1. The Labute approximate surface area is 239 Å². The van der Waals surface area contributed by atoms with Crippen molar-refractivity contribution in [2.24, 2.45) is 0 Å². The predicted molar refractivity (Wildman–Crippen MR) is 155 cm³/mol. The molecule has 3 aromatic rings. The van der Waals surface area contributed by atoms with Gasteiger partial charge < -0.3 is 25.4 Å². The highest BCUT2D eigenvalue weighted by molar-refractivity contribution is 6.16. The molecule has 5 heterocycles. The lowest BCUT2D eigenvalue weighted by atomic mass is 9.95. The molecule has 0 radical (unpaired) electrons. The summed E-state index contributed by atoms with van der Waals surface area (Å²) in [5, 5.41) is 18.8. The minimum absolute atomic E-state index is 0.0172. The molecule has 216 valence electrons. The average molecular weight is 561 g/mol. The number of ether oxygens (including phenoxy) is 1. The van der Waals surface area contributed by atoms with Gasteiger partial charge in [-0.25, -0.2) is 4.39 Å². The Morgan fingerprint density at radius 2 is 2.02 bits per heavy atom. The number of carbonyl (C=O) groups excluding carboxylic acids is 1. The summed E-state index contributed by atoms with van der Waals surface area (Å²) in [4.78, 5) is 27.7. The summed E-state index contributed by atoms with van der Waals surface area (Å²) in [5.41, 5.74) is 2.02. The number of fused-ring (bicyclic) bond motifs is 3. The van der Waals surface area contributed by atoms with E-state index in [0.717, 1.165) is 51.9 Å². The van der Waals surface area contributed by atoms with Crippen LogP contribution in [0.3, 0.4) is 0 Å². The number of halogens is 1. The molecule has 1 amide bonds. The fourth-order valence-electron chi connectivity index (χ4n) is 7.41. The van der Waals surface area contributed by atoms with E-state index < -0.39 is 0 Å². The Balaban J connectivity index is 1.27. The Kier molecular flexibility index (Phi) is 6.70. The SMILES string of the molecule is CCc1c(F)ccc2cc(O)cc(N3Cc4nc(OCC56CCCN5CCC6)nc(NC5CCCNC5)c4C3=O)c12. The molecule has 4 aliphatic rings. The number of phenolic OH excluding ortho intramolecular Hbond substituents is 1. The Hall–Kier alpha value is -3.50. The number of aromatic nitrogens is 2. The molecule has 4 aliphatic heterocycles. The molecule has 0 spiro atoms. The minimum atomic E-state index is -0.328. The van der Waals surface area contributed by atoms with Crippen LogP contribution in [0.15, 0.2) is 24.3 Å². The van der Waals surface area contributed by atoms with Crippen LogP contribution in [0.4, 0.5) is 15.9 Å². The van der Waals surface area contributed by atoms with Crippen molar-refractivity contribution in [1.82, 2.24) is 20.2 Å². The monoisotopic (exact) mass is 560 g/mol. The van der Waals surface area contributed by atoms with Gasteiger partial charge in [-0.1, -0.05) is 13.0 Å². The second-order valence-corrected chi connectivity index (χ2v) is 11.9. The predicted octanol–water partition coefficient (Wildman–Crippen LogP) is 4.37. The maximum atomic E-state index is 14.9. The average Bonchev–Trinajstić information content (AvgIpc) is 3.65. The van der Waals surface area contributed by atoms with Gasteiger partial charge in [0.2, 0.25) is 0 Å². The molecule has 0 bridgehead atoms. The first-order valence-corrected chi connectivity index (χ1v) is 15.0. The van der Waals surface area contributed by atoms with Gasteiger partial charge in [-0.15, -0.1) is 0 Å². The highest BCUT2D eigenvalue weighted by Gasteiger charge is 2.45. The summed E-state index contributed by atoms with van der Waals surface area (Å²) in [7, 11) is 0. The number of hydrogen-bond donors (Lipinski definition) is 3. The number of aromatic hydroxyl groups is 1. The van der Waals surface area contributed by atoms with Gasteiger partial charge in [-0.2, -0.15) is 9.97 Å². The quantitative estimate of drug-likeness (QED) is 0.392. The minimum Gasteiger partial charge on any atom is -0.508 e. The molecule has 41 heavy (non-hydrogen) atoms. The number of nitrogens with one attached hydrogen (secondary N) is 2. The molecule has 3 N–H and O–H groups in total. The third kappa shape index (κ3) is 4.57. The number of rotatable bonds is 7. The highest BCUT2D eigenvalue weighted by Crippen LogP contribution is 2.42. The van der Waals surface area contributed by atoms with Crippen molar-refractivity contribution in [2.45, 2.75) is 70.0 Å². The summed E-state index contributed by atoms with van der Waals surface area (Å²) in [6.45, 7) is 6.57. The topological polar surface area (TPSA) is 103 Å². The number of amides is 1. The van der Waals surface area contributed by atoms with E-state index in [2.05, 4.69) is 15.5 Å². The highest BCUT2D eigenvalue weighted by atomic mass is 19.1. The van der Waals surface area contributed by atoms with E-state index in [1.54, 1.807) is 23.1 Å². The van der Waals surface area contributed by atoms with Crippen molar-refractivity contribution >= 4 is 28.2 Å². The largest absolute Gasteiger partial charge is 0.508 e. The third-order valence-electron chi connectivity index (χ3n) is 9.43. The molecule has 3 saturated heterocycles. The standard InChI is InChI=1S/C31H37FN6O3/c1-2-22-23(32)8-7-19-14-21(39)15-25(26(19)22)38-17-24-27(29(38)40)28(34-20-6-3-11-33-16-20)36-30(35-24)41-18-31-9-4-12-37(31)13-5-10-31/h7-8,14-15,20,33,39H,2-6,9-13,16-18H2,1H3,(H,34,35,36). The van der Waals surface area contributed by atoms with Gasteiger partial charge in [0, 0.05) is 24.0 Å². The maximum Gasteiger partial charge on any atom is 0.318 e. The number of nitrogens with zero attached hydrogens (tertiary/aromatic N) is 4. The summed E-state index contributed by atoms with van der Waals surface area (Å²) in [5.74, 6) is -0.105. The van der Waals surface area contributed by atoms with Crippen molar-refractivity contribution in [1.29, 1.82) is 0 Å². The van der Waals surface area contributed by atoms with Crippen LogP contribution in [0.5, 0.6) is 11.8 Å². The number of benzene rings is 2. The van der Waals surface area contributed by atoms with Gasteiger partial charge in [0.05, 0.1) is 23.5 Å². The molecular formula is C31H37FN6O3. The first kappa shape index (κ1) is 26.4. The number of carbonyl (C=O) groups is 1. The molecule has 0 aliphatic carbocycles. The third-order valence-corrected chi connectivity index (χ3v) is 9.43. The lowest BCUT2D eigenvalue weighted by Gasteiger charge is -2.31. The first-order valence-electron chi connectivity index (χ1n) is 15.0. The van der Waals surface area contributed by atoms with Gasteiger partial charge in [0.15, 0.2) is 0 Å². The van der Waals surface area contributed by atoms with Crippen molar-refractivity contribution < 1.29 is 19.0 Å². The van der Waals surface area contributed by atoms with Gasteiger partial charge in [0.25, 0.3) is 5.91 Å². The van der Waals surface area contributed by atoms with E-state index in [4.69, 9.17) is 14.7 Å². The van der Waals surface area contributed by atoms with Crippen LogP contribution in [0.25, 0.3) is 10.8 Å². The number of anilines is 2. The molecule has 0 saturated carbocycles. The van der Waals surface area contributed by atoms with E-state index >= 15 is 0 Å². The second-order valence-electron chi connectivity index (χ2n) is 11.9. The Bertz CT molecular complexity index is 1500.